The number of benzene rings is 1. The molecule has 1 spiro atoms. The third-order valence-corrected chi connectivity index (χ3v) is 5.51. The number of nitrogens with one attached hydrogen (secondary N) is 1. The molecule has 110 valence electrons. The minimum atomic E-state index is 0.0785. The zero-order valence-electron chi connectivity index (χ0n) is 11.8. The Bertz CT molecular complexity index is 473. The predicted octanol–water partition coefficient (Wildman–Crippen LogP) is 4.60. The molecule has 0 bridgehead atoms. The number of rotatable bonds is 1. The Morgan fingerprint density at radius 3 is 2.55 bits per heavy atom. The van der Waals surface area contributed by atoms with Crippen molar-refractivity contribution in [1.29, 1.82) is 0 Å². The van der Waals surface area contributed by atoms with Gasteiger partial charge in [0.1, 0.15) is 0 Å². The number of halogens is 2. The molecule has 1 aromatic rings. The summed E-state index contributed by atoms with van der Waals surface area (Å²) in [6.07, 6.45) is 5.13. The summed E-state index contributed by atoms with van der Waals surface area (Å²) in [6.45, 7) is 3.99. The van der Waals surface area contributed by atoms with Gasteiger partial charge in [0.25, 0.3) is 0 Å². The van der Waals surface area contributed by atoms with Crippen molar-refractivity contribution in [3.63, 3.8) is 0 Å². The standard InChI is InChI=1S/C16H21Cl2NO/c1-11-4-6-16(7-5-11)10-20-15(9-19-16)12-2-3-13(17)14(18)8-12/h2-3,8,11,15,19H,4-7,9-10H2,1H3. The van der Waals surface area contributed by atoms with E-state index in [2.05, 4.69) is 12.2 Å². The topological polar surface area (TPSA) is 21.3 Å². The van der Waals surface area contributed by atoms with Crippen LogP contribution in [0.2, 0.25) is 10.0 Å². The Kier molecular flexibility index (Phi) is 4.28. The van der Waals surface area contributed by atoms with Crippen LogP contribution in [0.3, 0.4) is 0 Å². The fourth-order valence-corrected chi connectivity index (χ4v) is 3.55. The van der Waals surface area contributed by atoms with E-state index in [4.69, 9.17) is 27.9 Å². The molecule has 3 rings (SSSR count). The highest BCUT2D eigenvalue weighted by Gasteiger charge is 2.38. The van der Waals surface area contributed by atoms with Gasteiger partial charge in [-0.3, -0.25) is 0 Å². The van der Waals surface area contributed by atoms with Crippen LogP contribution in [0.5, 0.6) is 0 Å². The number of hydrogen-bond acceptors (Lipinski definition) is 2. The van der Waals surface area contributed by atoms with Crippen molar-refractivity contribution in [1.82, 2.24) is 5.32 Å². The Hall–Kier alpha value is -0.280. The van der Waals surface area contributed by atoms with Crippen molar-refractivity contribution in [3.05, 3.63) is 33.8 Å². The zero-order valence-corrected chi connectivity index (χ0v) is 13.3. The van der Waals surface area contributed by atoms with Gasteiger partial charge in [0, 0.05) is 12.1 Å². The van der Waals surface area contributed by atoms with Gasteiger partial charge in [-0.1, -0.05) is 36.2 Å². The zero-order chi connectivity index (χ0) is 14.2. The summed E-state index contributed by atoms with van der Waals surface area (Å²) in [5, 5.41) is 4.93. The summed E-state index contributed by atoms with van der Waals surface area (Å²) in [5.74, 6) is 0.857. The van der Waals surface area contributed by atoms with Crippen molar-refractivity contribution in [3.8, 4) is 0 Å². The van der Waals surface area contributed by atoms with E-state index in [-0.39, 0.29) is 11.6 Å². The van der Waals surface area contributed by atoms with E-state index < -0.39 is 0 Å². The third kappa shape index (κ3) is 2.99. The molecule has 1 saturated carbocycles. The second kappa shape index (κ2) is 5.84. The minimum absolute atomic E-state index is 0.0785. The normalized spacial score (nSPS) is 34.4. The molecule has 1 N–H and O–H groups in total. The van der Waals surface area contributed by atoms with E-state index in [1.165, 1.54) is 25.7 Å². The van der Waals surface area contributed by atoms with Crippen molar-refractivity contribution < 1.29 is 4.74 Å². The van der Waals surface area contributed by atoms with E-state index in [1.807, 2.05) is 18.2 Å². The molecule has 0 aromatic heterocycles. The Labute approximate surface area is 130 Å². The third-order valence-electron chi connectivity index (χ3n) is 4.77. The molecule has 2 aliphatic rings. The van der Waals surface area contributed by atoms with Crippen LogP contribution < -0.4 is 5.32 Å². The van der Waals surface area contributed by atoms with Crippen LogP contribution in [0.4, 0.5) is 0 Å². The molecule has 1 aliphatic heterocycles. The van der Waals surface area contributed by atoms with Gasteiger partial charge >= 0.3 is 0 Å². The molecule has 1 unspecified atom stereocenters. The quantitative estimate of drug-likeness (QED) is 0.818. The number of ether oxygens (including phenoxy) is 1. The summed E-state index contributed by atoms with van der Waals surface area (Å²) in [7, 11) is 0. The molecule has 1 aromatic carbocycles. The van der Waals surface area contributed by atoms with Gasteiger partial charge in [-0.05, 0) is 49.3 Å². The molecule has 1 saturated heterocycles. The maximum Gasteiger partial charge on any atom is 0.0950 e. The lowest BCUT2D eigenvalue weighted by Crippen LogP contribution is -2.56. The van der Waals surface area contributed by atoms with Crippen LogP contribution in [0.25, 0.3) is 0 Å². The van der Waals surface area contributed by atoms with Gasteiger partial charge in [0.05, 0.1) is 22.8 Å². The first-order valence-corrected chi connectivity index (χ1v) is 8.15. The molecule has 2 nitrogen and oxygen atoms in total. The second-order valence-corrected chi connectivity index (χ2v) is 7.13. The molecule has 1 heterocycles. The highest BCUT2D eigenvalue weighted by molar-refractivity contribution is 6.42. The van der Waals surface area contributed by atoms with Crippen molar-refractivity contribution in [2.75, 3.05) is 13.2 Å². The summed E-state index contributed by atoms with van der Waals surface area (Å²) >= 11 is 12.0. The first-order valence-electron chi connectivity index (χ1n) is 7.40. The molecule has 2 fully saturated rings. The van der Waals surface area contributed by atoms with Crippen LogP contribution in [0.15, 0.2) is 18.2 Å². The molecule has 1 aliphatic carbocycles. The van der Waals surface area contributed by atoms with Gasteiger partial charge in [-0.15, -0.1) is 0 Å². The minimum Gasteiger partial charge on any atom is -0.370 e. The lowest BCUT2D eigenvalue weighted by molar-refractivity contribution is -0.0504. The van der Waals surface area contributed by atoms with Crippen molar-refractivity contribution in [2.24, 2.45) is 5.92 Å². The van der Waals surface area contributed by atoms with Crippen molar-refractivity contribution >= 4 is 23.2 Å². The number of morpholine rings is 1. The Balaban J connectivity index is 1.65. The average Bonchev–Trinajstić information content (AvgIpc) is 2.46. The highest BCUT2D eigenvalue weighted by Crippen LogP contribution is 2.37. The van der Waals surface area contributed by atoms with E-state index in [0.717, 1.165) is 24.6 Å². The van der Waals surface area contributed by atoms with Crippen LogP contribution >= 0.6 is 23.2 Å². The second-order valence-electron chi connectivity index (χ2n) is 6.32. The van der Waals surface area contributed by atoms with Crippen LogP contribution in [-0.4, -0.2) is 18.7 Å². The lowest BCUT2D eigenvalue weighted by Gasteiger charge is -2.45. The van der Waals surface area contributed by atoms with E-state index in [1.54, 1.807) is 0 Å². The van der Waals surface area contributed by atoms with Crippen molar-refractivity contribution in [2.45, 2.75) is 44.2 Å². The monoisotopic (exact) mass is 313 g/mol. The van der Waals surface area contributed by atoms with Crippen LogP contribution in [0.1, 0.15) is 44.3 Å². The van der Waals surface area contributed by atoms with E-state index >= 15 is 0 Å². The number of hydrogen-bond donors (Lipinski definition) is 1. The smallest absolute Gasteiger partial charge is 0.0950 e. The van der Waals surface area contributed by atoms with Gasteiger partial charge in [0.2, 0.25) is 0 Å². The summed E-state index contributed by atoms with van der Waals surface area (Å²) < 4.78 is 6.12. The van der Waals surface area contributed by atoms with Gasteiger partial charge in [0.15, 0.2) is 0 Å². The molecule has 0 amide bonds. The largest absolute Gasteiger partial charge is 0.370 e. The van der Waals surface area contributed by atoms with Gasteiger partial charge in [-0.25, -0.2) is 0 Å². The highest BCUT2D eigenvalue weighted by atomic mass is 35.5. The van der Waals surface area contributed by atoms with E-state index in [9.17, 15) is 0 Å². The van der Waals surface area contributed by atoms with Gasteiger partial charge in [-0.2, -0.15) is 0 Å². The Morgan fingerprint density at radius 2 is 1.95 bits per heavy atom. The average molecular weight is 314 g/mol. The molecule has 0 radical (unpaired) electrons. The first-order chi connectivity index (χ1) is 9.58. The molecular formula is C16H21Cl2NO. The van der Waals surface area contributed by atoms with Crippen LogP contribution in [0, 0.1) is 5.92 Å². The summed E-state index contributed by atoms with van der Waals surface area (Å²) in [4.78, 5) is 0. The molecular weight excluding hydrogens is 293 g/mol. The first kappa shape index (κ1) is 14.6. The fourth-order valence-electron chi connectivity index (χ4n) is 3.24. The molecule has 4 heteroatoms. The van der Waals surface area contributed by atoms with Gasteiger partial charge < -0.3 is 10.1 Å². The summed E-state index contributed by atoms with van der Waals surface area (Å²) in [6, 6.07) is 5.76. The maximum absolute atomic E-state index is 6.12. The maximum atomic E-state index is 6.12. The lowest BCUT2D eigenvalue weighted by atomic mass is 9.77. The Morgan fingerprint density at radius 1 is 1.20 bits per heavy atom. The summed E-state index contributed by atoms with van der Waals surface area (Å²) in [5.41, 5.74) is 1.31. The molecule has 20 heavy (non-hydrogen) atoms. The predicted molar refractivity (Wildman–Crippen MR) is 83.5 cm³/mol. The molecule has 1 atom stereocenters. The fraction of sp³-hybridized carbons (Fsp3) is 0.625. The van der Waals surface area contributed by atoms with Crippen LogP contribution in [-0.2, 0) is 4.74 Å². The SMILES string of the molecule is CC1CCC2(CC1)COC(c1ccc(Cl)c(Cl)c1)CN2. The van der Waals surface area contributed by atoms with E-state index in [0.29, 0.717) is 10.0 Å².